The zero-order chi connectivity index (χ0) is 16.4. The molecule has 1 aromatic carbocycles. The van der Waals surface area contributed by atoms with E-state index in [1.54, 1.807) is 0 Å². The summed E-state index contributed by atoms with van der Waals surface area (Å²) in [6, 6.07) is 8.62. The number of carbonyl (C=O) groups excluding carboxylic acids is 2. The number of likely N-dealkylation sites (tertiary alicyclic amines) is 1. The number of amides is 2. The number of benzene rings is 1. The summed E-state index contributed by atoms with van der Waals surface area (Å²) >= 11 is 0. The highest BCUT2D eigenvalue weighted by atomic mass is 16.6. The molecule has 124 valence electrons. The number of hydrogen-bond acceptors (Lipinski definition) is 5. The van der Waals surface area contributed by atoms with Crippen molar-refractivity contribution in [3.63, 3.8) is 0 Å². The van der Waals surface area contributed by atoms with Crippen LogP contribution in [0.1, 0.15) is 18.4 Å². The first-order valence-electron chi connectivity index (χ1n) is 7.68. The molecule has 3 atom stereocenters. The molecule has 2 aliphatic heterocycles. The molecule has 2 saturated heterocycles. The summed E-state index contributed by atoms with van der Waals surface area (Å²) in [5.41, 5.74) is -0.241. The Labute approximate surface area is 133 Å². The molecule has 0 unspecified atom stereocenters. The Bertz CT molecular complexity index is 593. The van der Waals surface area contributed by atoms with Crippen molar-refractivity contribution in [3.05, 3.63) is 35.9 Å². The van der Waals surface area contributed by atoms with Gasteiger partial charge in [0.25, 0.3) is 0 Å². The van der Waals surface area contributed by atoms with Crippen molar-refractivity contribution in [2.24, 2.45) is 0 Å². The Morgan fingerprint density at radius 1 is 1.43 bits per heavy atom. The summed E-state index contributed by atoms with van der Waals surface area (Å²) < 4.78 is 5.32. The predicted octanol–water partition coefficient (Wildman–Crippen LogP) is 0.00940. The van der Waals surface area contributed by atoms with Gasteiger partial charge in [-0.2, -0.15) is 0 Å². The van der Waals surface area contributed by atoms with Gasteiger partial charge in [-0.05, 0) is 18.4 Å². The van der Waals surface area contributed by atoms with Gasteiger partial charge < -0.3 is 20.3 Å². The van der Waals surface area contributed by atoms with Crippen molar-refractivity contribution in [1.29, 1.82) is 0 Å². The molecule has 7 nitrogen and oxygen atoms in total. The predicted molar refractivity (Wildman–Crippen MR) is 80.3 cm³/mol. The van der Waals surface area contributed by atoms with Crippen LogP contribution >= 0.6 is 0 Å². The highest BCUT2D eigenvalue weighted by Crippen LogP contribution is 2.40. The molecule has 7 heteroatoms. The topological polar surface area (TPSA) is 99.1 Å². The first-order chi connectivity index (χ1) is 11.1. The van der Waals surface area contributed by atoms with E-state index in [0.29, 0.717) is 19.4 Å². The first kappa shape index (κ1) is 15.8. The quantitative estimate of drug-likeness (QED) is 0.679. The van der Waals surface area contributed by atoms with E-state index in [2.05, 4.69) is 5.32 Å². The van der Waals surface area contributed by atoms with Crippen LogP contribution in [0.5, 0.6) is 0 Å². The van der Waals surface area contributed by atoms with Crippen LogP contribution in [0.2, 0.25) is 0 Å². The second-order valence-electron chi connectivity index (χ2n) is 5.92. The first-order valence-corrected chi connectivity index (χ1v) is 7.68. The minimum atomic E-state index is -1.10. The average Bonchev–Trinajstić information content (AvgIpc) is 3.05. The van der Waals surface area contributed by atoms with E-state index < -0.39 is 30.4 Å². The monoisotopic (exact) mass is 320 g/mol. The van der Waals surface area contributed by atoms with E-state index in [1.807, 2.05) is 30.3 Å². The number of hydrogen-bond donors (Lipinski definition) is 3. The SMILES string of the molecule is O=C(OCc1ccccc1)N1CCC[C@@]12C(=O)N[C@H]2[C@H](O)CO. The Hall–Kier alpha value is -2.12. The summed E-state index contributed by atoms with van der Waals surface area (Å²) in [7, 11) is 0. The maximum absolute atomic E-state index is 12.4. The van der Waals surface area contributed by atoms with Gasteiger partial charge in [0.15, 0.2) is 0 Å². The van der Waals surface area contributed by atoms with Gasteiger partial charge in [0, 0.05) is 6.54 Å². The van der Waals surface area contributed by atoms with Crippen LogP contribution in [0.25, 0.3) is 0 Å². The number of nitrogens with zero attached hydrogens (tertiary/aromatic N) is 1. The maximum Gasteiger partial charge on any atom is 0.411 e. The third-order valence-electron chi connectivity index (χ3n) is 4.61. The summed E-state index contributed by atoms with van der Waals surface area (Å²) in [5, 5.41) is 21.6. The van der Waals surface area contributed by atoms with Crippen LogP contribution in [0.3, 0.4) is 0 Å². The van der Waals surface area contributed by atoms with Crippen LogP contribution in [-0.2, 0) is 16.1 Å². The number of nitrogens with one attached hydrogen (secondary N) is 1. The summed E-state index contributed by atoms with van der Waals surface area (Å²) in [4.78, 5) is 25.9. The number of β-lactam (4-membered cyclic amide) rings is 1. The van der Waals surface area contributed by atoms with Crippen LogP contribution in [0.15, 0.2) is 30.3 Å². The summed E-state index contributed by atoms with van der Waals surface area (Å²) in [6.07, 6.45) is -0.560. The van der Waals surface area contributed by atoms with Crippen molar-refractivity contribution in [3.8, 4) is 0 Å². The molecule has 0 bridgehead atoms. The van der Waals surface area contributed by atoms with Gasteiger partial charge in [-0.1, -0.05) is 30.3 Å². The number of ether oxygens (including phenoxy) is 1. The van der Waals surface area contributed by atoms with E-state index in [1.165, 1.54) is 4.90 Å². The molecule has 2 fully saturated rings. The molecule has 2 aliphatic rings. The standard InChI is InChI=1S/C16H20N2O5/c19-9-12(20)13-16(14(21)17-13)7-4-8-18(16)15(22)23-10-11-5-2-1-3-6-11/h1-3,5-6,12-13,19-20H,4,7-10H2,(H,17,21)/t12-,13+,16-/m1/s1. The third kappa shape index (κ3) is 2.55. The van der Waals surface area contributed by atoms with Crippen molar-refractivity contribution in [2.45, 2.75) is 37.1 Å². The molecule has 1 spiro atoms. The van der Waals surface area contributed by atoms with Crippen LogP contribution in [0, 0.1) is 0 Å². The van der Waals surface area contributed by atoms with Crippen molar-refractivity contribution >= 4 is 12.0 Å². The van der Waals surface area contributed by atoms with E-state index in [4.69, 9.17) is 9.84 Å². The highest BCUT2D eigenvalue weighted by Gasteiger charge is 2.64. The lowest BCUT2D eigenvalue weighted by Crippen LogP contribution is -2.81. The lowest BCUT2D eigenvalue weighted by Gasteiger charge is -2.51. The Morgan fingerprint density at radius 3 is 2.83 bits per heavy atom. The summed E-state index contributed by atoms with van der Waals surface area (Å²) in [5.74, 6) is -0.302. The summed E-state index contributed by atoms with van der Waals surface area (Å²) in [6.45, 7) is 0.0520. The van der Waals surface area contributed by atoms with Gasteiger partial charge in [-0.15, -0.1) is 0 Å². The number of rotatable bonds is 4. The van der Waals surface area contributed by atoms with Gasteiger partial charge in [0.1, 0.15) is 18.2 Å². The fraction of sp³-hybridized carbons (Fsp3) is 0.500. The van der Waals surface area contributed by atoms with E-state index in [-0.39, 0.29) is 12.5 Å². The van der Waals surface area contributed by atoms with Gasteiger partial charge >= 0.3 is 6.09 Å². The molecule has 0 radical (unpaired) electrons. The van der Waals surface area contributed by atoms with Crippen molar-refractivity contribution in [1.82, 2.24) is 10.2 Å². The molecule has 0 aliphatic carbocycles. The Morgan fingerprint density at radius 2 is 2.17 bits per heavy atom. The number of aliphatic hydroxyl groups is 2. The van der Waals surface area contributed by atoms with Gasteiger partial charge in [0.05, 0.1) is 12.6 Å². The molecule has 23 heavy (non-hydrogen) atoms. The maximum atomic E-state index is 12.4. The smallest absolute Gasteiger partial charge is 0.411 e. The molecular weight excluding hydrogens is 300 g/mol. The highest BCUT2D eigenvalue weighted by molar-refractivity contribution is 5.97. The third-order valence-corrected chi connectivity index (χ3v) is 4.61. The average molecular weight is 320 g/mol. The molecule has 1 aromatic rings. The lowest BCUT2D eigenvalue weighted by molar-refractivity contribution is -0.153. The second-order valence-corrected chi connectivity index (χ2v) is 5.92. The van der Waals surface area contributed by atoms with Gasteiger partial charge in [0.2, 0.25) is 5.91 Å². The number of aliphatic hydroxyl groups excluding tert-OH is 2. The van der Waals surface area contributed by atoms with Crippen molar-refractivity contribution < 1.29 is 24.5 Å². The molecule has 0 saturated carbocycles. The van der Waals surface area contributed by atoms with Gasteiger partial charge in [-0.3, -0.25) is 9.69 Å². The van der Waals surface area contributed by atoms with Gasteiger partial charge in [-0.25, -0.2) is 4.79 Å². The molecule has 0 aromatic heterocycles. The van der Waals surface area contributed by atoms with E-state index in [0.717, 1.165) is 5.56 Å². The normalized spacial score (nSPS) is 27.5. The molecule has 2 heterocycles. The Balaban J connectivity index is 1.71. The zero-order valence-corrected chi connectivity index (χ0v) is 12.6. The molecule has 3 rings (SSSR count). The van der Waals surface area contributed by atoms with E-state index >= 15 is 0 Å². The fourth-order valence-corrected chi connectivity index (χ4v) is 3.42. The van der Waals surface area contributed by atoms with Crippen LogP contribution in [0.4, 0.5) is 4.79 Å². The Kier molecular flexibility index (Phi) is 4.23. The second kappa shape index (κ2) is 6.17. The minimum absolute atomic E-state index is 0.126. The largest absolute Gasteiger partial charge is 0.445 e. The zero-order valence-electron chi connectivity index (χ0n) is 12.6. The van der Waals surface area contributed by atoms with Crippen LogP contribution < -0.4 is 5.32 Å². The van der Waals surface area contributed by atoms with Crippen molar-refractivity contribution in [2.75, 3.05) is 13.2 Å². The minimum Gasteiger partial charge on any atom is -0.445 e. The fourth-order valence-electron chi connectivity index (χ4n) is 3.42. The molecular formula is C16H20N2O5. The molecule has 2 amide bonds. The van der Waals surface area contributed by atoms with E-state index in [9.17, 15) is 14.7 Å². The lowest BCUT2D eigenvalue weighted by atomic mass is 9.76. The number of carbonyl (C=O) groups is 2. The molecule has 3 N–H and O–H groups in total. The van der Waals surface area contributed by atoms with Crippen LogP contribution in [-0.4, -0.2) is 57.9 Å².